The van der Waals surface area contributed by atoms with Gasteiger partial charge in [-0.15, -0.1) is 11.3 Å². The van der Waals surface area contributed by atoms with Crippen molar-refractivity contribution in [3.63, 3.8) is 0 Å². The van der Waals surface area contributed by atoms with E-state index in [1.165, 1.54) is 53.8 Å². The molecule has 0 spiro atoms. The molecule has 0 bridgehead atoms. The van der Waals surface area contributed by atoms with E-state index >= 15 is 0 Å². The van der Waals surface area contributed by atoms with Gasteiger partial charge in [-0.3, -0.25) is 4.40 Å². The highest BCUT2D eigenvalue weighted by atomic mass is 32.1. The Kier molecular flexibility index (Phi) is 3.51. The maximum atomic E-state index is 5.79. The minimum atomic E-state index is 0.661. The van der Waals surface area contributed by atoms with Crippen LogP contribution < -0.4 is 5.73 Å². The van der Waals surface area contributed by atoms with Crippen LogP contribution in [0.1, 0.15) is 35.4 Å². The first-order valence-electron chi connectivity index (χ1n) is 8.05. The van der Waals surface area contributed by atoms with E-state index in [0.29, 0.717) is 6.54 Å². The van der Waals surface area contributed by atoms with Gasteiger partial charge < -0.3 is 5.73 Å². The number of thiazole rings is 1. The topological polar surface area (TPSA) is 43.3 Å². The van der Waals surface area contributed by atoms with E-state index in [9.17, 15) is 0 Å². The van der Waals surface area contributed by atoms with Crippen molar-refractivity contribution in [2.24, 2.45) is 5.73 Å². The quantitative estimate of drug-likeness (QED) is 0.800. The van der Waals surface area contributed by atoms with Crippen molar-refractivity contribution in [1.82, 2.24) is 9.38 Å². The third-order valence-corrected chi connectivity index (χ3v) is 5.51. The highest BCUT2D eigenvalue weighted by Crippen LogP contribution is 2.32. The summed E-state index contributed by atoms with van der Waals surface area (Å²) in [4.78, 5) is 5.77. The molecule has 0 amide bonds. The number of rotatable bonds is 3. The molecule has 2 heterocycles. The molecule has 3 aromatic rings. The second-order valence-electron chi connectivity index (χ2n) is 6.11. The molecule has 0 fully saturated rings. The van der Waals surface area contributed by atoms with Crippen molar-refractivity contribution in [2.75, 3.05) is 6.54 Å². The van der Waals surface area contributed by atoms with Gasteiger partial charge in [-0.2, -0.15) is 0 Å². The number of benzene rings is 1. The fourth-order valence-corrected chi connectivity index (χ4v) is 4.51. The monoisotopic (exact) mass is 311 g/mol. The number of imidazole rings is 1. The minimum absolute atomic E-state index is 0.661. The molecule has 0 saturated carbocycles. The lowest BCUT2D eigenvalue weighted by molar-refractivity contribution is 0.686. The molecule has 114 valence electrons. The van der Waals surface area contributed by atoms with Gasteiger partial charge in [0.05, 0.1) is 11.4 Å². The van der Waals surface area contributed by atoms with Crippen LogP contribution in [-0.4, -0.2) is 15.9 Å². The lowest BCUT2D eigenvalue weighted by atomic mass is 9.90. The summed E-state index contributed by atoms with van der Waals surface area (Å²) in [7, 11) is 0. The lowest BCUT2D eigenvalue weighted by Gasteiger charge is -2.16. The molecule has 3 nitrogen and oxygen atoms in total. The van der Waals surface area contributed by atoms with E-state index in [1.54, 1.807) is 11.3 Å². The number of nitrogens with zero attached hydrogens (tertiary/aromatic N) is 2. The van der Waals surface area contributed by atoms with E-state index in [0.717, 1.165) is 17.1 Å². The van der Waals surface area contributed by atoms with Crippen molar-refractivity contribution >= 4 is 16.3 Å². The predicted molar refractivity (Wildman–Crippen MR) is 92.6 cm³/mol. The second kappa shape index (κ2) is 5.52. The van der Waals surface area contributed by atoms with Crippen molar-refractivity contribution in [3.8, 4) is 11.3 Å². The normalized spacial score (nSPS) is 14.5. The van der Waals surface area contributed by atoms with Crippen LogP contribution in [0.3, 0.4) is 0 Å². The summed E-state index contributed by atoms with van der Waals surface area (Å²) >= 11 is 1.72. The summed E-state index contributed by atoms with van der Waals surface area (Å²) in [5.74, 6) is 0. The zero-order chi connectivity index (χ0) is 15.1. The second-order valence-corrected chi connectivity index (χ2v) is 6.95. The van der Waals surface area contributed by atoms with E-state index in [2.05, 4.69) is 34.9 Å². The Hall–Kier alpha value is -1.65. The molecular weight excluding hydrogens is 290 g/mol. The smallest absolute Gasteiger partial charge is 0.194 e. The van der Waals surface area contributed by atoms with E-state index in [4.69, 9.17) is 10.7 Å². The SMILES string of the molecule is Cc1nc2scc(-c3ccc4c(c3)CCCC4)n2c1CCN. The zero-order valence-electron chi connectivity index (χ0n) is 12.9. The van der Waals surface area contributed by atoms with Crippen LogP contribution in [-0.2, 0) is 19.3 Å². The van der Waals surface area contributed by atoms with Crippen molar-refractivity contribution < 1.29 is 0 Å². The predicted octanol–water partition coefficient (Wildman–Crippen LogP) is 3.75. The first-order chi connectivity index (χ1) is 10.8. The summed E-state index contributed by atoms with van der Waals surface area (Å²) in [5.41, 5.74) is 13.8. The summed E-state index contributed by atoms with van der Waals surface area (Å²) in [6.07, 6.45) is 5.97. The molecule has 1 aromatic carbocycles. The number of hydrogen-bond donors (Lipinski definition) is 1. The highest BCUT2D eigenvalue weighted by molar-refractivity contribution is 7.15. The number of hydrogen-bond acceptors (Lipinski definition) is 3. The molecule has 1 aliphatic carbocycles. The first-order valence-corrected chi connectivity index (χ1v) is 8.93. The largest absolute Gasteiger partial charge is 0.330 e. The van der Waals surface area contributed by atoms with Crippen molar-refractivity contribution in [2.45, 2.75) is 39.0 Å². The summed E-state index contributed by atoms with van der Waals surface area (Å²) < 4.78 is 2.30. The molecule has 1 aliphatic rings. The zero-order valence-corrected chi connectivity index (χ0v) is 13.7. The Morgan fingerprint density at radius 1 is 1.23 bits per heavy atom. The maximum Gasteiger partial charge on any atom is 0.194 e. The fourth-order valence-electron chi connectivity index (χ4n) is 3.54. The number of fused-ring (bicyclic) bond motifs is 2. The average molecular weight is 311 g/mol. The van der Waals surface area contributed by atoms with Gasteiger partial charge in [0, 0.05) is 17.5 Å². The third kappa shape index (κ3) is 2.18. The van der Waals surface area contributed by atoms with Crippen LogP contribution in [0.15, 0.2) is 23.6 Å². The molecule has 0 unspecified atom stereocenters. The third-order valence-electron chi connectivity index (χ3n) is 4.68. The van der Waals surface area contributed by atoms with Gasteiger partial charge in [0.25, 0.3) is 0 Å². The Morgan fingerprint density at radius 2 is 2.05 bits per heavy atom. The van der Waals surface area contributed by atoms with Crippen LogP contribution in [0.5, 0.6) is 0 Å². The Labute approximate surface area is 134 Å². The van der Waals surface area contributed by atoms with Gasteiger partial charge >= 0.3 is 0 Å². The van der Waals surface area contributed by atoms with Gasteiger partial charge in [0.1, 0.15) is 0 Å². The van der Waals surface area contributed by atoms with Crippen LogP contribution in [0.2, 0.25) is 0 Å². The molecule has 4 rings (SSSR count). The number of nitrogens with two attached hydrogens (primary N) is 1. The number of aromatic nitrogens is 2. The molecule has 0 radical (unpaired) electrons. The van der Waals surface area contributed by atoms with Crippen LogP contribution in [0.25, 0.3) is 16.2 Å². The van der Waals surface area contributed by atoms with Crippen molar-refractivity contribution in [3.05, 3.63) is 46.1 Å². The van der Waals surface area contributed by atoms with Crippen LogP contribution in [0, 0.1) is 6.92 Å². The average Bonchev–Trinajstić information content (AvgIpc) is 3.07. The molecule has 0 aliphatic heterocycles. The Balaban J connectivity index is 1.87. The fraction of sp³-hybridized carbons (Fsp3) is 0.389. The molecule has 4 heteroatoms. The van der Waals surface area contributed by atoms with Gasteiger partial charge in [0.2, 0.25) is 0 Å². The Bertz CT molecular complexity index is 828. The van der Waals surface area contributed by atoms with E-state index in [-0.39, 0.29) is 0 Å². The standard InChI is InChI=1S/C18H21N3S/c1-12-16(8-9-19)21-17(11-22-18(21)20-12)15-7-6-13-4-2-3-5-14(13)10-15/h6-7,10-11H,2-5,8-9,19H2,1H3. The number of aryl methyl sites for hydroxylation is 3. The summed E-state index contributed by atoms with van der Waals surface area (Å²) in [5, 5.41) is 2.23. The molecule has 22 heavy (non-hydrogen) atoms. The van der Waals surface area contributed by atoms with Gasteiger partial charge in [-0.25, -0.2) is 4.98 Å². The molecular formula is C18H21N3S. The minimum Gasteiger partial charge on any atom is -0.330 e. The lowest BCUT2D eigenvalue weighted by Crippen LogP contribution is -2.07. The highest BCUT2D eigenvalue weighted by Gasteiger charge is 2.16. The maximum absolute atomic E-state index is 5.79. The molecule has 0 atom stereocenters. The molecule has 2 N–H and O–H groups in total. The van der Waals surface area contributed by atoms with E-state index < -0.39 is 0 Å². The van der Waals surface area contributed by atoms with Gasteiger partial charge in [0.15, 0.2) is 4.96 Å². The molecule has 2 aromatic heterocycles. The van der Waals surface area contributed by atoms with E-state index in [1.807, 2.05) is 0 Å². The Morgan fingerprint density at radius 3 is 2.86 bits per heavy atom. The van der Waals surface area contributed by atoms with Crippen molar-refractivity contribution in [1.29, 1.82) is 0 Å². The van der Waals surface area contributed by atoms with Crippen LogP contribution >= 0.6 is 11.3 Å². The van der Waals surface area contributed by atoms with Gasteiger partial charge in [-0.05, 0) is 61.9 Å². The van der Waals surface area contributed by atoms with Crippen LogP contribution in [0.4, 0.5) is 0 Å². The molecule has 0 saturated heterocycles. The summed E-state index contributed by atoms with van der Waals surface area (Å²) in [6.45, 7) is 2.75. The summed E-state index contributed by atoms with van der Waals surface area (Å²) in [6, 6.07) is 6.98. The first kappa shape index (κ1) is 14.0. The van der Waals surface area contributed by atoms with Gasteiger partial charge in [-0.1, -0.05) is 12.1 Å².